The van der Waals surface area contributed by atoms with Crippen LogP contribution in [0.4, 0.5) is 0 Å². The Morgan fingerprint density at radius 1 is 0.590 bits per heavy atom. The highest BCUT2D eigenvalue weighted by molar-refractivity contribution is 5.95. The van der Waals surface area contributed by atoms with Gasteiger partial charge in [0.1, 0.15) is 0 Å². The zero-order chi connectivity index (χ0) is 43.0. The maximum Gasteiger partial charge on any atom is 0.0641 e. The fourth-order valence-electron chi connectivity index (χ4n) is 8.11. The van der Waals surface area contributed by atoms with E-state index < -0.39 is 0 Å². The molecule has 0 N–H and O–H groups in total. The first-order valence-corrected chi connectivity index (χ1v) is 21.9. The largest absolute Gasteiger partial charge is 0.106 e. The molecule has 2 atom stereocenters. The summed E-state index contributed by atoms with van der Waals surface area (Å²) >= 11 is 0. The average Bonchev–Trinajstić information content (AvgIpc) is 3.32. The maximum atomic E-state index is 3.38. The van der Waals surface area contributed by atoms with Gasteiger partial charge < -0.3 is 0 Å². The van der Waals surface area contributed by atoms with Crippen molar-refractivity contribution >= 4 is 38.3 Å². The highest BCUT2D eigenvalue weighted by Crippen LogP contribution is 2.35. The second-order valence-corrected chi connectivity index (χ2v) is 15.6. The van der Waals surface area contributed by atoms with Gasteiger partial charge in [-0.15, -0.1) is 5.92 Å². The van der Waals surface area contributed by atoms with Crippen LogP contribution < -0.4 is 0 Å². The van der Waals surface area contributed by atoms with E-state index in [0.29, 0.717) is 5.92 Å². The molecule has 0 spiro atoms. The number of allylic oxidation sites excluding steroid dienone is 10. The molecule has 0 bridgehead atoms. The SMILES string of the molecule is C/C(=C/C(C)c1cccc2ccccc12)C1=CCCC(c2cccc3ccccc23)=C1.CC.CC#CC(/C=C(\C=C(/C)c1ccccc1)c1ccccc1)c1ccc(C)cc1. The molecule has 0 nitrogen and oxygen atoms in total. The molecule has 304 valence electrons. The Hall–Kier alpha value is -6.68. The van der Waals surface area contributed by atoms with Crippen LogP contribution in [0.15, 0.2) is 211 Å². The predicted molar refractivity (Wildman–Crippen MR) is 269 cm³/mol. The van der Waals surface area contributed by atoms with Crippen molar-refractivity contribution in [3.05, 3.63) is 245 Å². The molecule has 2 unspecified atom stereocenters. The highest BCUT2D eigenvalue weighted by atomic mass is 14.2. The zero-order valence-corrected chi connectivity index (χ0v) is 37.1. The van der Waals surface area contributed by atoms with Crippen molar-refractivity contribution in [2.75, 3.05) is 0 Å². The summed E-state index contributed by atoms with van der Waals surface area (Å²) in [5.41, 5.74) is 14.3. The summed E-state index contributed by atoms with van der Waals surface area (Å²) < 4.78 is 0. The Labute approximate surface area is 366 Å². The monoisotopic (exact) mass is 792 g/mol. The third kappa shape index (κ3) is 11.5. The molecule has 0 saturated heterocycles. The van der Waals surface area contributed by atoms with Crippen molar-refractivity contribution < 1.29 is 0 Å². The van der Waals surface area contributed by atoms with E-state index in [9.17, 15) is 0 Å². The van der Waals surface area contributed by atoms with E-state index in [4.69, 9.17) is 0 Å². The van der Waals surface area contributed by atoms with Crippen LogP contribution in [0.5, 0.6) is 0 Å². The number of benzene rings is 7. The summed E-state index contributed by atoms with van der Waals surface area (Å²) in [6.45, 7) is 14.8. The molecule has 0 radical (unpaired) electrons. The topological polar surface area (TPSA) is 0 Å². The predicted octanol–water partition coefficient (Wildman–Crippen LogP) is 17.2. The van der Waals surface area contributed by atoms with E-state index in [1.807, 2.05) is 20.8 Å². The number of aryl methyl sites for hydroxylation is 1. The number of hydrogen-bond acceptors (Lipinski definition) is 0. The first kappa shape index (κ1) is 43.9. The van der Waals surface area contributed by atoms with E-state index in [1.165, 1.54) is 82.8 Å². The van der Waals surface area contributed by atoms with E-state index in [-0.39, 0.29) is 5.92 Å². The fourth-order valence-corrected chi connectivity index (χ4v) is 8.11. The molecule has 0 aliphatic heterocycles. The second-order valence-electron chi connectivity index (χ2n) is 15.6. The lowest BCUT2D eigenvalue weighted by Gasteiger charge is -2.18. The minimum atomic E-state index is 0.0561. The fraction of sp³-hybridized carbons (Fsp3) is 0.180. The van der Waals surface area contributed by atoms with Crippen LogP contribution in [-0.2, 0) is 0 Å². The minimum Gasteiger partial charge on any atom is -0.106 e. The Kier molecular flexibility index (Phi) is 15.9. The third-order valence-electron chi connectivity index (χ3n) is 11.3. The number of fused-ring (bicyclic) bond motifs is 2. The van der Waals surface area contributed by atoms with Gasteiger partial charge in [0.2, 0.25) is 0 Å². The van der Waals surface area contributed by atoms with Crippen LogP contribution in [-0.4, -0.2) is 0 Å². The van der Waals surface area contributed by atoms with E-state index in [0.717, 1.165) is 12.8 Å². The van der Waals surface area contributed by atoms with Gasteiger partial charge in [-0.1, -0.05) is 232 Å². The second kappa shape index (κ2) is 22.1. The molecule has 1 aliphatic carbocycles. The molecular weight excluding hydrogens is 733 g/mol. The van der Waals surface area contributed by atoms with Crippen LogP contribution in [0.2, 0.25) is 0 Å². The van der Waals surface area contributed by atoms with Crippen molar-refractivity contribution in [2.24, 2.45) is 0 Å². The van der Waals surface area contributed by atoms with Crippen LogP contribution in [0.3, 0.4) is 0 Å². The van der Waals surface area contributed by atoms with Gasteiger partial charge in [0.25, 0.3) is 0 Å². The normalized spacial score (nSPS) is 13.9. The molecule has 0 heteroatoms. The van der Waals surface area contributed by atoms with Crippen molar-refractivity contribution in [3.8, 4) is 11.8 Å². The Morgan fingerprint density at radius 2 is 1.16 bits per heavy atom. The Balaban J connectivity index is 0.000000197. The van der Waals surface area contributed by atoms with Crippen molar-refractivity contribution in [3.63, 3.8) is 0 Å². The van der Waals surface area contributed by atoms with Gasteiger partial charge >= 0.3 is 0 Å². The first-order chi connectivity index (χ1) is 29.9. The number of rotatable bonds is 9. The molecule has 7 aromatic rings. The van der Waals surface area contributed by atoms with Crippen molar-refractivity contribution in [2.45, 2.75) is 73.1 Å². The maximum absolute atomic E-state index is 3.38. The number of hydrogen-bond donors (Lipinski definition) is 0. The summed E-state index contributed by atoms with van der Waals surface area (Å²) in [6, 6.07) is 60.4. The Bertz CT molecular complexity index is 2730. The molecule has 1 aliphatic rings. The van der Waals surface area contributed by atoms with Gasteiger partial charge in [-0.25, -0.2) is 0 Å². The van der Waals surface area contributed by atoms with Crippen LogP contribution >= 0.6 is 0 Å². The molecule has 8 rings (SSSR count). The molecule has 0 aromatic heterocycles. The smallest absolute Gasteiger partial charge is 0.0641 e. The van der Waals surface area contributed by atoms with Crippen molar-refractivity contribution in [1.29, 1.82) is 0 Å². The quantitative estimate of drug-likeness (QED) is 0.101. The van der Waals surface area contributed by atoms with Gasteiger partial charge in [-0.2, -0.15) is 0 Å². The molecule has 0 saturated carbocycles. The van der Waals surface area contributed by atoms with E-state index in [2.05, 4.69) is 240 Å². The third-order valence-corrected chi connectivity index (χ3v) is 11.3. The molecule has 0 heterocycles. The molecule has 61 heavy (non-hydrogen) atoms. The summed E-state index contributed by atoms with van der Waals surface area (Å²) in [4.78, 5) is 0. The van der Waals surface area contributed by atoms with Crippen molar-refractivity contribution in [1.82, 2.24) is 0 Å². The standard InChI is InChI=1S/C31H28.C28H26.C2H6/c1-22(20-23(2)28-18-8-12-24-10-3-5-16-29(24)28)26-14-7-15-27(21-26)31-19-9-13-25-11-4-6-17-30(25)31;1-4-11-27(26-18-16-22(2)17-19-26)21-28(25-14-9-6-10-15-25)20-23(3)24-12-7-5-8-13-24;1-2/h3-6,8-14,16-21,23H,7,15H2,1-2H3;5-10,12-21,27H,1-3H3;1-2H3/b22-20-;23-20+,28-21+;. The first-order valence-electron chi connectivity index (χ1n) is 21.9. The summed E-state index contributed by atoms with van der Waals surface area (Å²) in [7, 11) is 0. The summed E-state index contributed by atoms with van der Waals surface area (Å²) in [5.74, 6) is 6.90. The van der Waals surface area contributed by atoms with Gasteiger partial charge in [0.15, 0.2) is 0 Å². The average molecular weight is 793 g/mol. The highest BCUT2D eigenvalue weighted by Gasteiger charge is 2.14. The lowest BCUT2D eigenvalue weighted by Crippen LogP contribution is -1.97. The molecule has 0 amide bonds. The van der Waals surface area contributed by atoms with Gasteiger partial charge in [-0.05, 0) is 118 Å². The lowest BCUT2D eigenvalue weighted by molar-refractivity contribution is 0.962. The summed E-state index contributed by atoms with van der Waals surface area (Å²) in [5, 5.41) is 5.33. The van der Waals surface area contributed by atoms with Crippen LogP contribution in [0.25, 0.3) is 38.3 Å². The van der Waals surface area contributed by atoms with E-state index >= 15 is 0 Å². The molecule has 7 aromatic carbocycles. The Morgan fingerprint density at radius 3 is 1.84 bits per heavy atom. The van der Waals surface area contributed by atoms with Crippen LogP contribution in [0, 0.1) is 18.8 Å². The van der Waals surface area contributed by atoms with Gasteiger partial charge in [-0.3, -0.25) is 0 Å². The lowest BCUT2D eigenvalue weighted by atomic mass is 9.87. The molecular formula is C61H60. The van der Waals surface area contributed by atoms with Crippen LogP contribution in [0.1, 0.15) is 99.6 Å². The minimum absolute atomic E-state index is 0.0561. The molecule has 0 fully saturated rings. The van der Waals surface area contributed by atoms with Gasteiger partial charge in [0.05, 0.1) is 5.92 Å². The zero-order valence-electron chi connectivity index (χ0n) is 37.1. The summed E-state index contributed by atoms with van der Waals surface area (Å²) in [6.07, 6.45) is 14.0. The van der Waals surface area contributed by atoms with E-state index in [1.54, 1.807) is 0 Å². The van der Waals surface area contributed by atoms with Gasteiger partial charge in [0, 0.05) is 5.92 Å².